The second-order valence-electron chi connectivity index (χ2n) is 8.23. The van der Waals surface area contributed by atoms with E-state index in [-0.39, 0.29) is 45.3 Å². The van der Waals surface area contributed by atoms with Crippen LogP contribution >= 0.6 is 11.6 Å². The van der Waals surface area contributed by atoms with Gasteiger partial charge in [0.05, 0.1) is 10.6 Å². The molecule has 2 N–H and O–H groups in total. The second-order valence-corrected chi connectivity index (χ2v) is 10.9. The Hall–Kier alpha value is -2.99. The first-order valence-corrected chi connectivity index (χ1v) is 13.0. The van der Waals surface area contributed by atoms with Crippen molar-refractivity contribution in [2.24, 2.45) is 0 Å². The van der Waals surface area contributed by atoms with Crippen LogP contribution in [0.1, 0.15) is 36.2 Å². The summed E-state index contributed by atoms with van der Waals surface area (Å²) >= 11 is 6.00. The summed E-state index contributed by atoms with van der Waals surface area (Å²) < 4.78 is 67.7. The average molecular weight is 548 g/mol. The summed E-state index contributed by atoms with van der Waals surface area (Å²) in [4.78, 5) is 26.0. The predicted octanol–water partition coefficient (Wildman–Crippen LogP) is 3.68. The third kappa shape index (κ3) is 7.26. The van der Waals surface area contributed by atoms with Crippen LogP contribution in [-0.2, 0) is 21.2 Å². The van der Waals surface area contributed by atoms with Gasteiger partial charge in [-0.1, -0.05) is 18.5 Å². The SMILES string of the molecule is CCS(=O)(=O)c1ccc(Cl)cc1CNC(=O)c1cc(OC(F)(F)F)cc(N2CCC(NC(C)=O)C2)c1. The number of carbonyl (C=O) groups excluding carboxylic acids is 2. The molecule has 2 aromatic rings. The minimum Gasteiger partial charge on any atom is -0.406 e. The van der Waals surface area contributed by atoms with Gasteiger partial charge in [-0.3, -0.25) is 9.59 Å². The lowest BCUT2D eigenvalue weighted by atomic mass is 10.1. The fraction of sp³-hybridized carbons (Fsp3) is 0.391. The van der Waals surface area contributed by atoms with E-state index in [0.717, 1.165) is 6.07 Å². The molecular weight excluding hydrogens is 523 g/mol. The number of benzene rings is 2. The van der Waals surface area contributed by atoms with Gasteiger partial charge in [-0.05, 0) is 42.3 Å². The molecular formula is C23H25ClF3N3O5S. The normalized spacial score (nSPS) is 16.1. The predicted molar refractivity (Wildman–Crippen MR) is 128 cm³/mol. The lowest BCUT2D eigenvalue weighted by molar-refractivity contribution is -0.274. The Morgan fingerprint density at radius 2 is 1.92 bits per heavy atom. The molecule has 1 unspecified atom stereocenters. The summed E-state index contributed by atoms with van der Waals surface area (Å²) in [6, 6.07) is 7.52. The average Bonchev–Trinajstić information content (AvgIpc) is 3.23. The van der Waals surface area contributed by atoms with E-state index in [0.29, 0.717) is 25.2 Å². The standard InChI is InChI=1S/C23H25ClF3N3O5S/c1-3-36(33,34)21-5-4-17(24)8-16(21)12-28-22(32)15-9-19(11-20(10-15)35-23(25,26)27)30-7-6-18(13-30)29-14(2)31/h4-5,8-11,18H,3,6-7,12-13H2,1-2H3,(H,28,32)(H,29,31). The molecule has 0 aromatic heterocycles. The molecule has 8 nitrogen and oxygen atoms in total. The van der Waals surface area contributed by atoms with Crippen molar-refractivity contribution in [2.45, 2.75) is 44.1 Å². The van der Waals surface area contributed by atoms with Crippen LogP contribution < -0.4 is 20.3 Å². The number of alkyl halides is 3. The third-order valence-corrected chi connectivity index (χ3v) is 7.59. The number of hydrogen-bond donors (Lipinski definition) is 2. The quantitative estimate of drug-likeness (QED) is 0.522. The second kappa shape index (κ2) is 11.0. The highest BCUT2D eigenvalue weighted by molar-refractivity contribution is 7.91. The highest BCUT2D eigenvalue weighted by Gasteiger charge is 2.32. The molecule has 1 atom stereocenters. The Bertz CT molecular complexity index is 1250. The lowest BCUT2D eigenvalue weighted by Gasteiger charge is -2.21. The zero-order chi connectivity index (χ0) is 26.7. The van der Waals surface area contributed by atoms with E-state index in [2.05, 4.69) is 15.4 Å². The maximum Gasteiger partial charge on any atom is 0.573 e. The van der Waals surface area contributed by atoms with Gasteiger partial charge in [-0.25, -0.2) is 8.42 Å². The highest BCUT2D eigenvalue weighted by atomic mass is 35.5. The van der Waals surface area contributed by atoms with Gasteiger partial charge in [0.1, 0.15) is 5.75 Å². The maximum absolute atomic E-state index is 12.9. The largest absolute Gasteiger partial charge is 0.573 e. The van der Waals surface area contributed by atoms with E-state index in [1.54, 1.807) is 4.90 Å². The van der Waals surface area contributed by atoms with E-state index in [4.69, 9.17) is 11.6 Å². The molecule has 0 aliphatic carbocycles. The Morgan fingerprint density at radius 1 is 1.19 bits per heavy atom. The van der Waals surface area contributed by atoms with Gasteiger partial charge < -0.3 is 20.3 Å². The molecule has 0 bridgehead atoms. The number of anilines is 1. The number of rotatable bonds is 8. The molecule has 13 heteroatoms. The molecule has 1 fully saturated rings. The van der Waals surface area contributed by atoms with Gasteiger partial charge in [0.2, 0.25) is 5.91 Å². The summed E-state index contributed by atoms with van der Waals surface area (Å²) in [6.45, 7) is 3.43. The summed E-state index contributed by atoms with van der Waals surface area (Å²) in [5.74, 6) is -1.70. The lowest BCUT2D eigenvalue weighted by Crippen LogP contribution is -2.35. The van der Waals surface area contributed by atoms with E-state index in [9.17, 15) is 31.2 Å². The molecule has 1 heterocycles. The Labute approximate surface area is 211 Å². The first-order chi connectivity index (χ1) is 16.8. The number of hydrogen-bond acceptors (Lipinski definition) is 6. The van der Waals surface area contributed by atoms with Crippen LogP contribution in [0.2, 0.25) is 5.02 Å². The zero-order valence-electron chi connectivity index (χ0n) is 19.5. The minimum atomic E-state index is -4.97. The number of nitrogens with zero attached hydrogens (tertiary/aromatic N) is 1. The number of amides is 2. The minimum absolute atomic E-state index is 0.00521. The molecule has 2 amide bonds. The fourth-order valence-electron chi connectivity index (χ4n) is 3.91. The van der Waals surface area contributed by atoms with Crippen LogP contribution in [0.5, 0.6) is 5.75 Å². The van der Waals surface area contributed by atoms with Gasteiger partial charge in [0.25, 0.3) is 5.91 Å². The van der Waals surface area contributed by atoms with Crippen molar-refractivity contribution in [2.75, 3.05) is 23.7 Å². The smallest absolute Gasteiger partial charge is 0.406 e. The van der Waals surface area contributed by atoms with Gasteiger partial charge >= 0.3 is 6.36 Å². The van der Waals surface area contributed by atoms with Crippen molar-refractivity contribution in [3.05, 3.63) is 52.5 Å². The van der Waals surface area contributed by atoms with Crippen LogP contribution in [0.25, 0.3) is 0 Å². The molecule has 0 radical (unpaired) electrons. The fourth-order valence-corrected chi connectivity index (χ4v) is 5.22. The Balaban J connectivity index is 1.87. The molecule has 2 aromatic carbocycles. The van der Waals surface area contributed by atoms with Crippen LogP contribution in [0.3, 0.4) is 0 Å². The number of ether oxygens (including phenoxy) is 1. The van der Waals surface area contributed by atoms with Gasteiger partial charge in [-0.15, -0.1) is 13.2 Å². The Morgan fingerprint density at radius 3 is 2.56 bits per heavy atom. The summed E-state index contributed by atoms with van der Waals surface area (Å²) in [6.07, 6.45) is -4.39. The van der Waals surface area contributed by atoms with Crippen LogP contribution in [0.15, 0.2) is 41.3 Å². The van der Waals surface area contributed by atoms with Crippen LogP contribution in [0.4, 0.5) is 18.9 Å². The summed E-state index contributed by atoms with van der Waals surface area (Å²) in [7, 11) is -3.61. The van der Waals surface area contributed by atoms with Gasteiger partial charge in [0.15, 0.2) is 9.84 Å². The maximum atomic E-state index is 12.9. The number of halogens is 4. The zero-order valence-corrected chi connectivity index (χ0v) is 21.1. The molecule has 0 saturated carbocycles. The summed E-state index contributed by atoms with van der Waals surface area (Å²) in [5.41, 5.74) is 0.446. The molecule has 3 rings (SSSR count). The van der Waals surface area contributed by atoms with Crippen molar-refractivity contribution in [3.63, 3.8) is 0 Å². The first kappa shape index (κ1) is 27.6. The molecule has 196 valence electrons. The molecule has 1 aliphatic heterocycles. The van der Waals surface area contributed by atoms with Crippen LogP contribution in [-0.4, -0.2) is 51.5 Å². The third-order valence-electron chi connectivity index (χ3n) is 5.52. The molecule has 36 heavy (non-hydrogen) atoms. The first-order valence-electron chi connectivity index (χ1n) is 11.0. The highest BCUT2D eigenvalue weighted by Crippen LogP contribution is 2.31. The van der Waals surface area contributed by atoms with E-state index >= 15 is 0 Å². The molecule has 0 spiro atoms. The van der Waals surface area contributed by atoms with Crippen molar-refractivity contribution < 1.29 is 35.9 Å². The Kier molecular flexibility index (Phi) is 8.40. The molecule has 1 aliphatic rings. The van der Waals surface area contributed by atoms with Gasteiger partial charge in [0, 0.05) is 54.9 Å². The van der Waals surface area contributed by atoms with Crippen molar-refractivity contribution in [1.29, 1.82) is 0 Å². The van der Waals surface area contributed by atoms with Crippen molar-refractivity contribution in [3.8, 4) is 5.75 Å². The molecule has 1 saturated heterocycles. The van der Waals surface area contributed by atoms with E-state index in [1.165, 1.54) is 44.2 Å². The van der Waals surface area contributed by atoms with Crippen molar-refractivity contribution >= 4 is 38.9 Å². The van der Waals surface area contributed by atoms with Crippen LogP contribution in [0, 0.1) is 0 Å². The topological polar surface area (TPSA) is 105 Å². The number of sulfone groups is 1. The van der Waals surface area contributed by atoms with Crippen molar-refractivity contribution in [1.82, 2.24) is 10.6 Å². The summed E-state index contributed by atoms with van der Waals surface area (Å²) in [5, 5.41) is 5.58. The van der Waals surface area contributed by atoms with E-state index in [1.807, 2.05) is 0 Å². The monoisotopic (exact) mass is 547 g/mol. The van der Waals surface area contributed by atoms with Gasteiger partial charge in [-0.2, -0.15) is 0 Å². The van der Waals surface area contributed by atoms with E-state index < -0.39 is 27.9 Å². The number of nitrogens with one attached hydrogen (secondary N) is 2. The number of carbonyl (C=O) groups is 2.